The predicted octanol–water partition coefficient (Wildman–Crippen LogP) is 1.19. The number of aryl methyl sites for hydroxylation is 1. The van der Waals surface area contributed by atoms with E-state index < -0.39 is 0 Å². The molecule has 136 valence electrons. The Morgan fingerprint density at radius 1 is 1.15 bits per heavy atom. The van der Waals surface area contributed by atoms with Crippen molar-refractivity contribution in [2.75, 3.05) is 31.1 Å². The molecule has 2 unspecified atom stereocenters. The Bertz CT molecular complexity index is 868. The summed E-state index contributed by atoms with van der Waals surface area (Å²) < 4.78 is 1.25. The van der Waals surface area contributed by atoms with E-state index in [1.54, 1.807) is 19.2 Å². The van der Waals surface area contributed by atoms with Gasteiger partial charge in [-0.15, -0.1) is 0 Å². The monoisotopic (exact) mass is 373 g/mol. The molecule has 4 rings (SSSR count). The smallest absolute Gasteiger partial charge is 0.267 e. The van der Waals surface area contributed by atoms with Crippen molar-refractivity contribution >= 4 is 23.3 Å². The standard InChI is InChI=1S/C18H20ClN5O2/c1-12-2-5-17(25)24(21-12)11-18(26)23-9-13-7-22(8-14(13)10-23)16-4-3-15(19)6-20-16/h2-6,13-14H,7-11H2,1H3. The number of amides is 1. The van der Waals surface area contributed by atoms with Crippen molar-refractivity contribution in [1.82, 2.24) is 19.7 Å². The molecule has 2 fully saturated rings. The van der Waals surface area contributed by atoms with Crippen LogP contribution in [0.4, 0.5) is 5.82 Å². The van der Waals surface area contributed by atoms with Crippen LogP contribution in [0.5, 0.6) is 0 Å². The van der Waals surface area contributed by atoms with Crippen LogP contribution in [0.2, 0.25) is 5.02 Å². The van der Waals surface area contributed by atoms with Crippen LogP contribution in [0.15, 0.2) is 35.3 Å². The number of hydrogen-bond donors (Lipinski definition) is 0. The fourth-order valence-corrected chi connectivity index (χ4v) is 3.94. The van der Waals surface area contributed by atoms with Gasteiger partial charge in [0.05, 0.1) is 10.7 Å². The number of nitrogens with zero attached hydrogens (tertiary/aromatic N) is 5. The zero-order valence-corrected chi connectivity index (χ0v) is 15.3. The van der Waals surface area contributed by atoms with Gasteiger partial charge in [-0.05, 0) is 25.1 Å². The topological polar surface area (TPSA) is 71.3 Å². The molecule has 7 nitrogen and oxygen atoms in total. The van der Waals surface area contributed by atoms with Gasteiger partial charge in [0.1, 0.15) is 12.4 Å². The highest BCUT2D eigenvalue weighted by Crippen LogP contribution is 2.33. The highest BCUT2D eigenvalue weighted by molar-refractivity contribution is 6.30. The Kier molecular flexibility index (Phi) is 4.40. The number of halogens is 1. The van der Waals surface area contributed by atoms with E-state index in [9.17, 15) is 9.59 Å². The number of rotatable bonds is 3. The molecule has 0 radical (unpaired) electrons. The van der Waals surface area contributed by atoms with Crippen LogP contribution in [-0.4, -0.2) is 51.8 Å². The van der Waals surface area contributed by atoms with E-state index in [0.29, 0.717) is 29.9 Å². The highest BCUT2D eigenvalue weighted by Gasteiger charge is 2.41. The quantitative estimate of drug-likeness (QED) is 0.808. The van der Waals surface area contributed by atoms with Crippen LogP contribution < -0.4 is 10.5 Å². The molecule has 0 N–H and O–H groups in total. The molecule has 0 aromatic carbocycles. The van der Waals surface area contributed by atoms with Gasteiger partial charge in [-0.3, -0.25) is 9.59 Å². The summed E-state index contributed by atoms with van der Waals surface area (Å²) in [5.41, 5.74) is 0.477. The van der Waals surface area contributed by atoms with E-state index in [2.05, 4.69) is 15.0 Å². The number of hydrogen-bond acceptors (Lipinski definition) is 5. The first kappa shape index (κ1) is 17.0. The van der Waals surface area contributed by atoms with Crippen molar-refractivity contribution in [2.45, 2.75) is 13.5 Å². The molecular weight excluding hydrogens is 354 g/mol. The number of carbonyl (C=O) groups excluding carboxylic acids is 1. The average molecular weight is 374 g/mol. The number of pyridine rings is 1. The lowest BCUT2D eigenvalue weighted by molar-refractivity contribution is -0.131. The van der Waals surface area contributed by atoms with Gasteiger partial charge in [-0.1, -0.05) is 11.6 Å². The van der Waals surface area contributed by atoms with Crippen molar-refractivity contribution in [3.05, 3.63) is 51.5 Å². The molecule has 2 atom stereocenters. The molecule has 1 amide bonds. The third-order valence-electron chi connectivity index (χ3n) is 5.16. The second-order valence-electron chi connectivity index (χ2n) is 7.03. The van der Waals surface area contributed by atoms with Crippen molar-refractivity contribution in [1.29, 1.82) is 0 Å². The summed E-state index contributed by atoms with van der Waals surface area (Å²) in [4.78, 5) is 32.9. The van der Waals surface area contributed by atoms with Crippen molar-refractivity contribution in [2.24, 2.45) is 11.8 Å². The molecule has 2 aromatic rings. The zero-order chi connectivity index (χ0) is 18.3. The second-order valence-corrected chi connectivity index (χ2v) is 7.47. The van der Waals surface area contributed by atoms with Gasteiger partial charge in [0.15, 0.2) is 0 Å². The molecule has 2 saturated heterocycles. The Balaban J connectivity index is 1.38. The van der Waals surface area contributed by atoms with Crippen molar-refractivity contribution in [3.63, 3.8) is 0 Å². The first-order chi connectivity index (χ1) is 12.5. The largest absolute Gasteiger partial charge is 0.356 e. The summed E-state index contributed by atoms with van der Waals surface area (Å²) >= 11 is 5.90. The lowest BCUT2D eigenvalue weighted by atomic mass is 10.0. The lowest BCUT2D eigenvalue weighted by Crippen LogP contribution is -2.38. The molecule has 0 bridgehead atoms. The third-order valence-corrected chi connectivity index (χ3v) is 5.38. The van der Waals surface area contributed by atoms with Gasteiger partial charge in [-0.25, -0.2) is 9.67 Å². The number of anilines is 1. The zero-order valence-electron chi connectivity index (χ0n) is 14.5. The molecule has 8 heteroatoms. The van der Waals surface area contributed by atoms with Crippen LogP contribution in [0, 0.1) is 18.8 Å². The Labute approximate surface area is 156 Å². The maximum absolute atomic E-state index is 12.6. The number of aromatic nitrogens is 3. The van der Waals surface area contributed by atoms with Crippen LogP contribution in [0.25, 0.3) is 0 Å². The van der Waals surface area contributed by atoms with Gasteiger partial charge >= 0.3 is 0 Å². The summed E-state index contributed by atoms with van der Waals surface area (Å²) in [7, 11) is 0. The molecule has 0 spiro atoms. The van der Waals surface area contributed by atoms with E-state index in [1.807, 2.05) is 17.0 Å². The normalized spacial score (nSPS) is 21.9. The van der Waals surface area contributed by atoms with Crippen molar-refractivity contribution in [3.8, 4) is 0 Å². The van der Waals surface area contributed by atoms with Gasteiger partial charge in [0.2, 0.25) is 5.91 Å². The van der Waals surface area contributed by atoms with Gasteiger partial charge in [-0.2, -0.15) is 5.10 Å². The summed E-state index contributed by atoms with van der Waals surface area (Å²) in [6.45, 7) is 5.00. The van der Waals surface area contributed by atoms with Crippen molar-refractivity contribution < 1.29 is 4.79 Å². The van der Waals surface area contributed by atoms with Gasteiger partial charge in [0.25, 0.3) is 5.56 Å². The minimum Gasteiger partial charge on any atom is -0.356 e. The maximum Gasteiger partial charge on any atom is 0.267 e. The molecule has 0 saturated carbocycles. The summed E-state index contributed by atoms with van der Waals surface area (Å²) in [6.07, 6.45) is 1.66. The SMILES string of the molecule is Cc1ccc(=O)n(CC(=O)N2CC3CN(c4ccc(Cl)cn4)CC3C2)n1. The van der Waals surface area contributed by atoms with E-state index >= 15 is 0 Å². The predicted molar refractivity (Wildman–Crippen MR) is 98.3 cm³/mol. The minimum absolute atomic E-state index is 0.00239. The lowest BCUT2D eigenvalue weighted by Gasteiger charge is -2.22. The van der Waals surface area contributed by atoms with Gasteiger partial charge in [0, 0.05) is 50.3 Å². The molecule has 0 aliphatic carbocycles. The summed E-state index contributed by atoms with van der Waals surface area (Å²) in [6, 6.07) is 6.89. The Hall–Kier alpha value is -2.41. The molecule has 2 aromatic heterocycles. The number of fused-ring (bicyclic) bond motifs is 1. The summed E-state index contributed by atoms with van der Waals surface area (Å²) in [5.74, 6) is 1.74. The molecule has 26 heavy (non-hydrogen) atoms. The van der Waals surface area contributed by atoms with E-state index in [0.717, 1.165) is 24.6 Å². The average Bonchev–Trinajstić information content (AvgIpc) is 3.18. The van der Waals surface area contributed by atoms with Crippen LogP contribution in [-0.2, 0) is 11.3 Å². The Morgan fingerprint density at radius 2 is 1.88 bits per heavy atom. The minimum atomic E-state index is -0.247. The fraction of sp³-hybridized carbons (Fsp3) is 0.444. The highest BCUT2D eigenvalue weighted by atomic mass is 35.5. The number of likely N-dealkylation sites (tertiary alicyclic amines) is 1. The van der Waals surface area contributed by atoms with E-state index in [1.165, 1.54) is 10.7 Å². The molecule has 4 heterocycles. The molecular formula is C18H20ClN5O2. The maximum atomic E-state index is 12.6. The molecule has 2 aliphatic heterocycles. The van der Waals surface area contributed by atoms with Crippen LogP contribution in [0.1, 0.15) is 5.69 Å². The first-order valence-electron chi connectivity index (χ1n) is 8.68. The van der Waals surface area contributed by atoms with E-state index in [-0.39, 0.29) is 18.0 Å². The Morgan fingerprint density at radius 3 is 2.54 bits per heavy atom. The number of carbonyl (C=O) groups is 1. The second kappa shape index (κ2) is 6.72. The van der Waals surface area contributed by atoms with E-state index in [4.69, 9.17) is 11.6 Å². The summed E-state index contributed by atoms with van der Waals surface area (Å²) in [5, 5.41) is 4.77. The molecule has 2 aliphatic rings. The fourth-order valence-electron chi connectivity index (χ4n) is 3.83. The first-order valence-corrected chi connectivity index (χ1v) is 9.06. The van der Waals surface area contributed by atoms with Gasteiger partial charge < -0.3 is 9.80 Å². The van der Waals surface area contributed by atoms with Crippen LogP contribution >= 0.6 is 11.6 Å². The van der Waals surface area contributed by atoms with Crippen LogP contribution in [0.3, 0.4) is 0 Å². The third kappa shape index (κ3) is 3.31.